The van der Waals surface area contributed by atoms with Gasteiger partial charge in [0.2, 0.25) is 0 Å². The molecule has 4 rings (SSSR count). The minimum atomic E-state index is -0.132. The smallest absolute Gasteiger partial charge is 0.267 e. The summed E-state index contributed by atoms with van der Waals surface area (Å²) >= 11 is 0. The monoisotopic (exact) mass is 400 g/mol. The predicted molar refractivity (Wildman–Crippen MR) is 118 cm³/mol. The van der Waals surface area contributed by atoms with Crippen LogP contribution < -0.4 is 14.8 Å². The van der Waals surface area contributed by atoms with Crippen molar-refractivity contribution in [1.29, 1.82) is 0 Å². The van der Waals surface area contributed by atoms with Crippen molar-refractivity contribution in [1.82, 2.24) is 10.3 Å². The van der Waals surface area contributed by atoms with E-state index in [0.717, 1.165) is 33.5 Å². The fraction of sp³-hybridized carbons (Fsp3) is 0.160. The molecule has 0 aliphatic rings. The van der Waals surface area contributed by atoms with Crippen LogP contribution >= 0.6 is 0 Å². The highest BCUT2D eigenvalue weighted by Crippen LogP contribution is 2.22. The average Bonchev–Trinajstić information content (AvgIpc) is 3.22. The molecule has 5 heteroatoms. The first-order valence-corrected chi connectivity index (χ1v) is 9.92. The van der Waals surface area contributed by atoms with E-state index in [9.17, 15) is 4.79 Å². The fourth-order valence-corrected chi connectivity index (χ4v) is 3.37. The average molecular weight is 400 g/mol. The number of carbonyl (C=O) groups excluding carboxylic acids is 1. The minimum absolute atomic E-state index is 0.132. The highest BCUT2D eigenvalue weighted by atomic mass is 16.5. The molecule has 0 saturated heterocycles. The molecule has 1 aromatic heterocycles. The molecular weight excluding hydrogens is 376 g/mol. The van der Waals surface area contributed by atoms with Crippen molar-refractivity contribution in [2.75, 3.05) is 13.7 Å². The number of rotatable bonds is 8. The van der Waals surface area contributed by atoms with Crippen LogP contribution in [-0.4, -0.2) is 24.5 Å². The van der Waals surface area contributed by atoms with Crippen LogP contribution in [0.15, 0.2) is 78.9 Å². The number of ether oxygens (including phenoxy) is 2. The van der Waals surface area contributed by atoms with Crippen molar-refractivity contribution in [2.24, 2.45) is 0 Å². The molecule has 0 spiro atoms. The number of fused-ring (bicyclic) bond motifs is 1. The largest absolute Gasteiger partial charge is 0.496 e. The van der Waals surface area contributed by atoms with E-state index in [1.807, 2.05) is 78.9 Å². The maximum atomic E-state index is 12.5. The SMILES string of the molecule is COc1ccccc1CCNC(=O)c1cc2ccc(OCc3ccccc3)cc2[nH]1. The second-order valence-electron chi connectivity index (χ2n) is 7.02. The van der Waals surface area contributed by atoms with Crippen LogP contribution in [0.2, 0.25) is 0 Å². The Labute approximate surface area is 175 Å². The summed E-state index contributed by atoms with van der Waals surface area (Å²) in [6.45, 7) is 1.03. The third kappa shape index (κ3) is 4.63. The van der Waals surface area contributed by atoms with Gasteiger partial charge in [0.05, 0.1) is 7.11 Å². The van der Waals surface area contributed by atoms with Gasteiger partial charge in [-0.25, -0.2) is 0 Å². The van der Waals surface area contributed by atoms with Crippen molar-refractivity contribution in [3.8, 4) is 11.5 Å². The number of hydrogen-bond donors (Lipinski definition) is 2. The molecule has 0 radical (unpaired) electrons. The van der Waals surface area contributed by atoms with Crippen LogP contribution in [0, 0.1) is 0 Å². The van der Waals surface area contributed by atoms with Crippen molar-refractivity contribution >= 4 is 16.8 Å². The summed E-state index contributed by atoms with van der Waals surface area (Å²) in [4.78, 5) is 15.7. The molecule has 152 valence electrons. The van der Waals surface area contributed by atoms with Crippen LogP contribution in [0.4, 0.5) is 0 Å². The van der Waals surface area contributed by atoms with Gasteiger partial charge in [-0.3, -0.25) is 4.79 Å². The van der Waals surface area contributed by atoms with Gasteiger partial charge in [0.25, 0.3) is 5.91 Å². The Balaban J connectivity index is 1.37. The van der Waals surface area contributed by atoms with Gasteiger partial charge in [-0.1, -0.05) is 48.5 Å². The zero-order valence-electron chi connectivity index (χ0n) is 16.9. The lowest BCUT2D eigenvalue weighted by Crippen LogP contribution is -2.26. The first-order chi connectivity index (χ1) is 14.7. The number of amides is 1. The lowest BCUT2D eigenvalue weighted by molar-refractivity contribution is 0.0950. The number of para-hydroxylation sites is 1. The Hall–Kier alpha value is -3.73. The van der Waals surface area contributed by atoms with Gasteiger partial charge in [-0.15, -0.1) is 0 Å². The lowest BCUT2D eigenvalue weighted by atomic mass is 10.1. The number of nitrogens with one attached hydrogen (secondary N) is 2. The fourth-order valence-electron chi connectivity index (χ4n) is 3.37. The molecule has 1 heterocycles. The minimum Gasteiger partial charge on any atom is -0.496 e. The van der Waals surface area contributed by atoms with E-state index >= 15 is 0 Å². The molecule has 3 aromatic carbocycles. The molecule has 30 heavy (non-hydrogen) atoms. The third-order valence-corrected chi connectivity index (χ3v) is 4.96. The van der Waals surface area contributed by atoms with Crippen molar-refractivity contribution in [2.45, 2.75) is 13.0 Å². The van der Waals surface area contributed by atoms with Gasteiger partial charge >= 0.3 is 0 Å². The summed E-state index contributed by atoms with van der Waals surface area (Å²) in [5.74, 6) is 1.46. The number of methoxy groups -OCH3 is 1. The first-order valence-electron chi connectivity index (χ1n) is 9.92. The number of benzene rings is 3. The zero-order valence-corrected chi connectivity index (χ0v) is 16.9. The van der Waals surface area contributed by atoms with Crippen molar-refractivity contribution < 1.29 is 14.3 Å². The summed E-state index contributed by atoms with van der Waals surface area (Å²) in [5, 5.41) is 3.93. The summed E-state index contributed by atoms with van der Waals surface area (Å²) < 4.78 is 11.2. The number of aromatic amines is 1. The maximum absolute atomic E-state index is 12.5. The van der Waals surface area contributed by atoms with E-state index in [0.29, 0.717) is 25.3 Å². The Morgan fingerprint density at radius 1 is 0.967 bits per heavy atom. The van der Waals surface area contributed by atoms with E-state index < -0.39 is 0 Å². The Kier molecular flexibility index (Phi) is 5.99. The van der Waals surface area contributed by atoms with Crippen LogP contribution in [-0.2, 0) is 13.0 Å². The molecule has 0 unspecified atom stereocenters. The van der Waals surface area contributed by atoms with Gasteiger partial charge in [0.15, 0.2) is 0 Å². The quantitative estimate of drug-likeness (QED) is 0.450. The van der Waals surface area contributed by atoms with Gasteiger partial charge < -0.3 is 19.8 Å². The van der Waals surface area contributed by atoms with Crippen LogP contribution in [0.25, 0.3) is 10.9 Å². The molecule has 0 bridgehead atoms. The standard InChI is InChI=1S/C25H24N2O3/c1-29-24-10-6-5-9-19(24)13-14-26-25(28)23-15-20-11-12-21(16-22(20)27-23)30-17-18-7-3-2-4-8-18/h2-12,15-16,27H,13-14,17H2,1H3,(H,26,28). The zero-order chi connectivity index (χ0) is 20.8. The number of hydrogen-bond acceptors (Lipinski definition) is 3. The molecule has 4 aromatic rings. The van der Waals surface area contributed by atoms with E-state index in [1.165, 1.54) is 0 Å². The molecular formula is C25H24N2O3. The second-order valence-corrected chi connectivity index (χ2v) is 7.02. The molecule has 2 N–H and O–H groups in total. The Morgan fingerprint density at radius 2 is 1.77 bits per heavy atom. The Bertz CT molecular complexity index is 1140. The second kappa shape index (κ2) is 9.18. The molecule has 1 amide bonds. The number of aromatic nitrogens is 1. The topological polar surface area (TPSA) is 63.4 Å². The van der Waals surface area contributed by atoms with Gasteiger partial charge in [0.1, 0.15) is 23.8 Å². The van der Waals surface area contributed by atoms with E-state index in [-0.39, 0.29) is 5.91 Å². The highest BCUT2D eigenvalue weighted by Gasteiger charge is 2.10. The van der Waals surface area contributed by atoms with Gasteiger partial charge in [-0.05, 0) is 41.8 Å². The van der Waals surface area contributed by atoms with Gasteiger partial charge in [0, 0.05) is 23.5 Å². The summed E-state index contributed by atoms with van der Waals surface area (Å²) in [6.07, 6.45) is 0.702. The molecule has 0 aliphatic heterocycles. The van der Waals surface area contributed by atoms with Crippen LogP contribution in [0.1, 0.15) is 21.6 Å². The first kappa shape index (κ1) is 19.6. The van der Waals surface area contributed by atoms with Crippen LogP contribution in [0.3, 0.4) is 0 Å². The molecule has 0 aliphatic carbocycles. The molecule has 0 atom stereocenters. The van der Waals surface area contributed by atoms with E-state index in [4.69, 9.17) is 9.47 Å². The summed E-state index contributed by atoms with van der Waals surface area (Å²) in [5.41, 5.74) is 3.58. The third-order valence-electron chi connectivity index (χ3n) is 4.96. The van der Waals surface area contributed by atoms with Crippen molar-refractivity contribution in [3.63, 3.8) is 0 Å². The highest BCUT2D eigenvalue weighted by molar-refractivity contribution is 5.98. The number of H-pyrrole nitrogens is 1. The van der Waals surface area contributed by atoms with Crippen LogP contribution in [0.5, 0.6) is 11.5 Å². The Morgan fingerprint density at radius 3 is 2.60 bits per heavy atom. The maximum Gasteiger partial charge on any atom is 0.267 e. The number of carbonyl (C=O) groups is 1. The normalized spacial score (nSPS) is 10.7. The summed E-state index contributed by atoms with van der Waals surface area (Å²) in [7, 11) is 1.65. The predicted octanol–water partition coefficient (Wildman–Crippen LogP) is 4.73. The molecule has 5 nitrogen and oxygen atoms in total. The van der Waals surface area contributed by atoms with Crippen molar-refractivity contribution in [3.05, 3.63) is 95.7 Å². The summed E-state index contributed by atoms with van der Waals surface area (Å²) in [6, 6.07) is 25.5. The van der Waals surface area contributed by atoms with E-state index in [1.54, 1.807) is 7.11 Å². The molecule has 0 fully saturated rings. The van der Waals surface area contributed by atoms with Gasteiger partial charge in [-0.2, -0.15) is 0 Å². The lowest BCUT2D eigenvalue weighted by Gasteiger charge is -2.08. The molecule has 0 saturated carbocycles. The van der Waals surface area contributed by atoms with E-state index in [2.05, 4.69) is 10.3 Å².